The van der Waals surface area contributed by atoms with Gasteiger partial charge < -0.3 is 5.73 Å². The van der Waals surface area contributed by atoms with E-state index in [9.17, 15) is 8.42 Å². The summed E-state index contributed by atoms with van der Waals surface area (Å²) in [6.45, 7) is 4.28. The minimum absolute atomic E-state index is 0.236. The molecule has 1 aromatic carbocycles. The third-order valence-corrected chi connectivity index (χ3v) is 5.97. The average Bonchev–Trinajstić information content (AvgIpc) is 2.28. The van der Waals surface area contributed by atoms with Crippen molar-refractivity contribution in [3.8, 4) is 0 Å². The van der Waals surface area contributed by atoms with Gasteiger partial charge in [0, 0.05) is 5.69 Å². The van der Waals surface area contributed by atoms with Crippen molar-refractivity contribution in [2.24, 2.45) is 11.8 Å². The van der Waals surface area contributed by atoms with E-state index in [1.54, 1.807) is 24.3 Å². The lowest BCUT2D eigenvalue weighted by Crippen LogP contribution is -2.31. The predicted molar refractivity (Wildman–Crippen MR) is 74.0 cm³/mol. The number of hydrogen-bond donors (Lipinski definition) is 1. The molecule has 0 spiro atoms. The fourth-order valence-corrected chi connectivity index (χ4v) is 5.04. The Hall–Kier alpha value is -1.03. The van der Waals surface area contributed by atoms with Gasteiger partial charge in [-0.2, -0.15) is 0 Å². The van der Waals surface area contributed by atoms with Crippen molar-refractivity contribution in [2.45, 2.75) is 43.3 Å². The molecule has 2 unspecified atom stereocenters. The lowest BCUT2D eigenvalue weighted by molar-refractivity contribution is 0.301. The van der Waals surface area contributed by atoms with Gasteiger partial charge >= 0.3 is 0 Å². The predicted octanol–water partition coefficient (Wildman–Crippen LogP) is 2.87. The summed E-state index contributed by atoms with van der Waals surface area (Å²) < 4.78 is 25.1. The zero-order valence-electron chi connectivity index (χ0n) is 11.0. The van der Waals surface area contributed by atoms with Gasteiger partial charge in [0.05, 0.1) is 10.1 Å². The Bertz CT molecular complexity index is 497. The Morgan fingerprint density at radius 2 is 1.50 bits per heavy atom. The first-order chi connectivity index (χ1) is 8.39. The molecule has 2 atom stereocenters. The van der Waals surface area contributed by atoms with Gasteiger partial charge in [-0.3, -0.25) is 0 Å². The molecule has 1 aliphatic rings. The molecule has 0 aromatic heterocycles. The Morgan fingerprint density at radius 3 is 2.00 bits per heavy atom. The molecule has 0 aliphatic heterocycles. The highest BCUT2D eigenvalue weighted by molar-refractivity contribution is 7.92. The zero-order valence-corrected chi connectivity index (χ0v) is 11.8. The molecule has 1 aromatic rings. The van der Waals surface area contributed by atoms with Crippen LogP contribution in [0, 0.1) is 11.8 Å². The zero-order chi connectivity index (χ0) is 13.3. The third-order valence-electron chi connectivity index (χ3n) is 3.78. The topological polar surface area (TPSA) is 60.2 Å². The van der Waals surface area contributed by atoms with Gasteiger partial charge in [0.2, 0.25) is 0 Å². The summed E-state index contributed by atoms with van der Waals surface area (Å²) in [5, 5.41) is -0.236. The van der Waals surface area contributed by atoms with Crippen molar-refractivity contribution in [2.75, 3.05) is 5.73 Å². The highest BCUT2D eigenvalue weighted by Gasteiger charge is 2.34. The number of sulfone groups is 1. The smallest absolute Gasteiger partial charge is 0.181 e. The number of nitrogens with two attached hydrogens (primary N) is 1. The second-order valence-corrected chi connectivity index (χ2v) is 7.88. The molecule has 0 bridgehead atoms. The largest absolute Gasteiger partial charge is 0.399 e. The van der Waals surface area contributed by atoms with Crippen LogP contribution in [-0.2, 0) is 9.84 Å². The van der Waals surface area contributed by atoms with Gasteiger partial charge in [-0.25, -0.2) is 8.42 Å². The number of anilines is 1. The minimum Gasteiger partial charge on any atom is -0.399 e. The molecule has 2 N–H and O–H groups in total. The van der Waals surface area contributed by atoms with E-state index >= 15 is 0 Å². The molecule has 1 saturated carbocycles. The van der Waals surface area contributed by atoms with E-state index in [2.05, 4.69) is 13.8 Å². The standard InChI is InChI=1S/C14H21NO2S/c1-10-7-11(2)9-14(8-10)18(16,17)13-5-3-12(15)4-6-13/h3-6,10-11,14H,7-9,15H2,1-2H3. The average molecular weight is 267 g/mol. The van der Waals surface area contributed by atoms with Gasteiger partial charge in [-0.05, 0) is 55.4 Å². The van der Waals surface area contributed by atoms with Gasteiger partial charge in [-0.1, -0.05) is 13.8 Å². The Labute approximate surface area is 109 Å². The van der Waals surface area contributed by atoms with Gasteiger partial charge in [0.15, 0.2) is 9.84 Å². The maximum Gasteiger partial charge on any atom is 0.181 e. The fourth-order valence-electron chi connectivity index (χ4n) is 2.98. The van der Waals surface area contributed by atoms with E-state index in [0.717, 1.165) is 19.3 Å². The molecule has 100 valence electrons. The van der Waals surface area contributed by atoms with Crippen molar-refractivity contribution in [1.82, 2.24) is 0 Å². The summed E-state index contributed by atoms with van der Waals surface area (Å²) in [5.41, 5.74) is 6.19. The number of rotatable bonds is 2. The van der Waals surface area contributed by atoms with E-state index in [4.69, 9.17) is 5.73 Å². The van der Waals surface area contributed by atoms with E-state index < -0.39 is 9.84 Å². The molecule has 0 radical (unpaired) electrons. The monoisotopic (exact) mass is 267 g/mol. The van der Waals surface area contributed by atoms with Crippen LogP contribution in [0.1, 0.15) is 33.1 Å². The van der Waals surface area contributed by atoms with Crippen LogP contribution in [0.2, 0.25) is 0 Å². The summed E-state index contributed by atoms with van der Waals surface area (Å²) in [7, 11) is -3.20. The van der Waals surface area contributed by atoms with Crippen LogP contribution >= 0.6 is 0 Å². The fraction of sp³-hybridized carbons (Fsp3) is 0.571. The SMILES string of the molecule is CC1CC(C)CC(S(=O)(=O)c2ccc(N)cc2)C1. The normalized spacial score (nSPS) is 29.1. The number of benzene rings is 1. The van der Waals surface area contributed by atoms with Crippen LogP contribution < -0.4 is 5.73 Å². The Kier molecular flexibility index (Phi) is 3.66. The summed E-state index contributed by atoms with van der Waals surface area (Å²) in [6.07, 6.45) is 2.68. The maximum absolute atomic E-state index is 12.5. The Balaban J connectivity index is 2.28. The third kappa shape index (κ3) is 2.69. The minimum atomic E-state index is -3.20. The second kappa shape index (κ2) is 4.92. The lowest BCUT2D eigenvalue weighted by Gasteiger charge is -2.31. The molecular formula is C14H21NO2S. The highest BCUT2D eigenvalue weighted by Crippen LogP contribution is 2.35. The van der Waals surface area contributed by atoms with Crippen LogP contribution in [0.25, 0.3) is 0 Å². The van der Waals surface area contributed by atoms with Crippen LogP contribution in [0.15, 0.2) is 29.2 Å². The molecule has 0 amide bonds. The lowest BCUT2D eigenvalue weighted by atomic mass is 9.83. The molecule has 2 rings (SSSR count). The number of nitrogen functional groups attached to an aromatic ring is 1. The van der Waals surface area contributed by atoms with Crippen molar-refractivity contribution >= 4 is 15.5 Å². The van der Waals surface area contributed by atoms with Gasteiger partial charge in [-0.15, -0.1) is 0 Å². The summed E-state index contributed by atoms with van der Waals surface area (Å²) >= 11 is 0. The van der Waals surface area contributed by atoms with E-state index in [-0.39, 0.29) is 5.25 Å². The van der Waals surface area contributed by atoms with Crippen molar-refractivity contribution in [3.05, 3.63) is 24.3 Å². The van der Waals surface area contributed by atoms with Gasteiger partial charge in [0.1, 0.15) is 0 Å². The van der Waals surface area contributed by atoms with Crippen molar-refractivity contribution in [1.29, 1.82) is 0 Å². The summed E-state index contributed by atoms with van der Waals surface area (Å²) in [4.78, 5) is 0.406. The Morgan fingerprint density at radius 1 is 1.00 bits per heavy atom. The number of hydrogen-bond acceptors (Lipinski definition) is 3. The molecule has 1 fully saturated rings. The first-order valence-electron chi connectivity index (χ1n) is 6.49. The van der Waals surface area contributed by atoms with E-state index in [1.165, 1.54) is 0 Å². The molecule has 0 heterocycles. The van der Waals surface area contributed by atoms with E-state index in [0.29, 0.717) is 22.4 Å². The van der Waals surface area contributed by atoms with Crippen molar-refractivity contribution in [3.63, 3.8) is 0 Å². The van der Waals surface area contributed by atoms with Crippen LogP contribution in [0.5, 0.6) is 0 Å². The van der Waals surface area contributed by atoms with Crippen LogP contribution in [0.3, 0.4) is 0 Å². The first-order valence-corrected chi connectivity index (χ1v) is 8.03. The quantitative estimate of drug-likeness (QED) is 0.838. The molecular weight excluding hydrogens is 246 g/mol. The second-order valence-electron chi connectivity index (χ2n) is 5.65. The summed E-state index contributed by atoms with van der Waals surface area (Å²) in [5.74, 6) is 0.976. The van der Waals surface area contributed by atoms with Crippen molar-refractivity contribution < 1.29 is 8.42 Å². The van der Waals surface area contributed by atoms with Crippen LogP contribution in [0.4, 0.5) is 5.69 Å². The molecule has 0 saturated heterocycles. The molecule has 1 aliphatic carbocycles. The molecule has 18 heavy (non-hydrogen) atoms. The maximum atomic E-state index is 12.5. The highest BCUT2D eigenvalue weighted by atomic mass is 32.2. The van der Waals surface area contributed by atoms with E-state index in [1.807, 2.05) is 0 Å². The summed E-state index contributed by atoms with van der Waals surface area (Å²) in [6, 6.07) is 6.55. The van der Waals surface area contributed by atoms with Gasteiger partial charge in [0.25, 0.3) is 0 Å². The van der Waals surface area contributed by atoms with Crippen LogP contribution in [-0.4, -0.2) is 13.7 Å². The molecule has 4 heteroatoms. The molecule has 3 nitrogen and oxygen atoms in total. The first kappa shape index (κ1) is 13.4.